The van der Waals surface area contributed by atoms with Crippen molar-refractivity contribution in [3.8, 4) is 0 Å². The van der Waals surface area contributed by atoms with Crippen LogP contribution in [0.2, 0.25) is 0 Å². The molecule has 108 valence electrons. The van der Waals surface area contributed by atoms with Gasteiger partial charge in [0.15, 0.2) is 0 Å². The molecule has 0 atom stereocenters. The minimum absolute atomic E-state index is 0.0662. The molecule has 1 fully saturated rings. The molecule has 20 heavy (non-hydrogen) atoms. The number of carbonyl (C=O) groups is 2. The summed E-state index contributed by atoms with van der Waals surface area (Å²) in [5, 5.41) is 0. The highest BCUT2D eigenvalue weighted by molar-refractivity contribution is 14.1. The van der Waals surface area contributed by atoms with Gasteiger partial charge in [-0.1, -0.05) is 12.1 Å². The van der Waals surface area contributed by atoms with E-state index in [9.17, 15) is 9.59 Å². The topological polar surface area (TPSA) is 49.4 Å². The van der Waals surface area contributed by atoms with Gasteiger partial charge in [-0.2, -0.15) is 0 Å². The monoisotopic (exact) mass is 498 g/mol. The van der Waals surface area contributed by atoms with Crippen LogP contribution >= 0.6 is 45.7 Å². The molecule has 0 unspecified atom stereocenters. The van der Waals surface area contributed by atoms with E-state index in [0.29, 0.717) is 12.8 Å². The smallest absolute Gasteiger partial charge is 0.140 e. The Kier molecular flexibility index (Phi) is 6.21. The first-order chi connectivity index (χ1) is 9.60. The van der Waals surface area contributed by atoms with Crippen LogP contribution in [0.4, 0.5) is 5.69 Å². The highest BCUT2D eigenvalue weighted by Gasteiger charge is 2.26. The summed E-state index contributed by atoms with van der Waals surface area (Å²) in [6, 6.07) is 8.18. The zero-order chi connectivity index (χ0) is 14.5. The van der Waals surface area contributed by atoms with E-state index in [0.717, 1.165) is 24.3 Å². The van der Waals surface area contributed by atoms with Crippen LogP contribution in [0.3, 0.4) is 0 Å². The number of halogens is 2. The van der Waals surface area contributed by atoms with Crippen LogP contribution in [0.15, 0.2) is 24.3 Å². The molecule has 2 rings (SSSR count). The molecule has 1 saturated carbocycles. The summed E-state index contributed by atoms with van der Waals surface area (Å²) in [4.78, 5) is 23.0. The van der Waals surface area contributed by atoms with E-state index in [1.807, 2.05) is 12.1 Å². The number of nitrogens with zero attached hydrogens (tertiary/aromatic N) is 1. The summed E-state index contributed by atoms with van der Waals surface area (Å²) in [6.45, 7) is 1.83. The molecule has 1 aromatic carbocycles. The maximum absolute atomic E-state index is 11.5. The fraction of sp³-hybridized carbons (Fsp3) is 0.429. The summed E-state index contributed by atoms with van der Waals surface area (Å²) in [5.41, 5.74) is 2.22. The molecule has 0 bridgehead atoms. The summed E-state index contributed by atoms with van der Waals surface area (Å²) in [5.74, 6) is 0.203. The van der Waals surface area contributed by atoms with Crippen LogP contribution in [0.1, 0.15) is 30.7 Å². The molecule has 0 aliphatic heterocycles. The molecule has 1 aliphatic carbocycles. The van der Waals surface area contributed by atoms with Gasteiger partial charge >= 0.3 is 0 Å². The lowest BCUT2D eigenvalue weighted by Crippen LogP contribution is -2.21. The Hall–Kier alpha value is -0.220. The first kappa shape index (κ1) is 16.2. The van der Waals surface area contributed by atoms with Crippen molar-refractivity contribution in [2.24, 2.45) is 0 Å². The number of hydrogen-bond acceptors (Lipinski definition) is 4. The molecule has 6 heteroatoms. The number of rotatable bonds is 5. The molecule has 0 saturated heterocycles. The normalized spacial score (nSPS) is 16.5. The van der Waals surface area contributed by atoms with Crippen LogP contribution in [-0.4, -0.2) is 24.7 Å². The third-order valence-corrected chi connectivity index (χ3v) is 4.97. The van der Waals surface area contributed by atoms with Gasteiger partial charge in [-0.05, 0) is 23.6 Å². The third kappa shape index (κ3) is 4.39. The maximum atomic E-state index is 11.5. The van der Waals surface area contributed by atoms with Crippen molar-refractivity contribution in [2.75, 3.05) is 16.2 Å². The average molecular weight is 498 g/mol. The molecule has 0 amide bonds. The summed E-state index contributed by atoms with van der Waals surface area (Å²) in [7, 11) is 0. The molecule has 0 aromatic heterocycles. The number of hydrogen-bond donors (Lipinski definition) is 1. The van der Waals surface area contributed by atoms with E-state index in [2.05, 4.69) is 64.5 Å². The average Bonchev–Trinajstić information content (AvgIpc) is 2.44. The highest BCUT2D eigenvalue weighted by atomic mass is 127. The molecular formula is C14H16I2N2O2. The first-order valence-electron chi connectivity index (χ1n) is 6.50. The van der Waals surface area contributed by atoms with Crippen molar-refractivity contribution in [1.82, 2.24) is 3.53 Å². The van der Waals surface area contributed by atoms with E-state index in [4.69, 9.17) is 0 Å². The summed E-state index contributed by atoms with van der Waals surface area (Å²) in [6.07, 6.45) is 1.12. The second-order valence-corrected chi connectivity index (χ2v) is 6.85. The number of ketones is 2. The van der Waals surface area contributed by atoms with Crippen LogP contribution in [-0.2, 0) is 9.59 Å². The molecular weight excluding hydrogens is 482 g/mol. The van der Waals surface area contributed by atoms with Crippen molar-refractivity contribution in [1.29, 1.82) is 0 Å². The molecule has 0 spiro atoms. The quantitative estimate of drug-likeness (QED) is 0.385. The lowest BCUT2D eigenvalue weighted by molar-refractivity contribution is -0.130. The van der Waals surface area contributed by atoms with Gasteiger partial charge in [-0.25, -0.2) is 0 Å². The molecule has 1 aliphatic rings. The van der Waals surface area contributed by atoms with Gasteiger partial charge in [0.2, 0.25) is 0 Å². The van der Waals surface area contributed by atoms with Gasteiger partial charge in [0, 0.05) is 54.5 Å². The number of nitrogens with one attached hydrogen (secondary N) is 1. The van der Waals surface area contributed by atoms with Gasteiger partial charge in [-0.15, -0.1) is 0 Å². The number of anilines is 1. The minimum atomic E-state index is 0.0662. The second-order valence-electron chi connectivity index (χ2n) is 4.92. The first-order valence-corrected chi connectivity index (χ1v) is 8.54. The van der Waals surface area contributed by atoms with Crippen LogP contribution < -0.4 is 6.64 Å². The van der Waals surface area contributed by atoms with Gasteiger partial charge in [0.25, 0.3) is 0 Å². The lowest BCUT2D eigenvalue weighted by atomic mass is 9.83. The van der Waals surface area contributed by atoms with E-state index in [-0.39, 0.29) is 23.9 Å². The summed E-state index contributed by atoms with van der Waals surface area (Å²) >= 11 is 4.42. The number of benzene rings is 1. The Bertz CT molecular complexity index is 474. The van der Waals surface area contributed by atoms with Gasteiger partial charge in [0.1, 0.15) is 11.6 Å². The zero-order valence-electron chi connectivity index (χ0n) is 10.9. The van der Waals surface area contributed by atoms with Crippen LogP contribution in [0.5, 0.6) is 0 Å². The fourth-order valence-corrected chi connectivity index (χ4v) is 3.20. The Labute approximate surface area is 146 Å². The van der Waals surface area contributed by atoms with Gasteiger partial charge in [0.05, 0.1) is 29.3 Å². The largest absolute Gasteiger partial charge is 0.314 e. The van der Waals surface area contributed by atoms with Crippen molar-refractivity contribution < 1.29 is 9.59 Å². The maximum Gasteiger partial charge on any atom is 0.140 e. The Morgan fingerprint density at radius 2 is 1.75 bits per heavy atom. The lowest BCUT2D eigenvalue weighted by Gasteiger charge is -2.22. The highest BCUT2D eigenvalue weighted by Crippen LogP contribution is 2.30. The van der Waals surface area contributed by atoms with E-state index in [1.54, 1.807) is 0 Å². The minimum Gasteiger partial charge on any atom is -0.314 e. The standard InChI is InChI=1S/C14H16I2N2O2/c15-17-5-6-18(16)12-3-1-10(2-4-12)11-7-13(19)9-14(20)8-11/h1-4,11,17H,5-9H2. The van der Waals surface area contributed by atoms with Gasteiger partial charge in [-0.3, -0.25) is 13.1 Å². The van der Waals surface area contributed by atoms with Crippen LogP contribution in [0.25, 0.3) is 0 Å². The Balaban J connectivity index is 2.04. The zero-order valence-corrected chi connectivity index (χ0v) is 15.3. The molecule has 1 aromatic rings. The Morgan fingerprint density at radius 1 is 1.15 bits per heavy atom. The molecule has 4 nitrogen and oxygen atoms in total. The second kappa shape index (κ2) is 7.69. The van der Waals surface area contributed by atoms with E-state index < -0.39 is 0 Å². The van der Waals surface area contributed by atoms with Crippen molar-refractivity contribution in [3.05, 3.63) is 29.8 Å². The molecule has 1 N–H and O–H groups in total. The van der Waals surface area contributed by atoms with E-state index in [1.165, 1.54) is 0 Å². The summed E-state index contributed by atoms with van der Waals surface area (Å²) < 4.78 is 5.23. The van der Waals surface area contributed by atoms with Crippen molar-refractivity contribution >= 4 is 63.0 Å². The van der Waals surface area contributed by atoms with Crippen molar-refractivity contribution in [3.63, 3.8) is 0 Å². The number of Topliss-reactive ketones (excluding diaryl/α,β-unsaturated/α-hetero) is 2. The Morgan fingerprint density at radius 3 is 2.30 bits per heavy atom. The third-order valence-electron chi connectivity index (χ3n) is 3.39. The molecule has 0 radical (unpaired) electrons. The predicted molar refractivity (Wildman–Crippen MR) is 96.4 cm³/mol. The number of carbonyl (C=O) groups excluding carboxylic acids is 2. The van der Waals surface area contributed by atoms with Gasteiger partial charge < -0.3 is 3.11 Å². The fourth-order valence-electron chi connectivity index (χ4n) is 2.40. The SMILES string of the molecule is O=C1CC(=O)CC(c2ccc(N(I)CCNI)cc2)C1. The van der Waals surface area contributed by atoms with E-state index >= 15 is 0 Å². The molecule has 0 heterocycles. The van der Waals surface area contributed by atoms with Crippen molar-refractivity contribution in [2.45, 2.75) is 25.2 Å². The van der Waals surface area contributed by atoms with Crippen LogP contribution in [0, 0.1) is 0 Å². The predicted octanol–water partition coefficient (Wildman–Crippen LogP) is 3.19.